The van der Waals surface area contributed by atoms with Crippen LogP contribution in [0, 0.1) is 0 Å². The molecule has 2 aromatic carbocycles. The molecule has 0 spiro atoms. The number of H-pyrrole nitrogens is 2. The molecule has 10 heteroatoms. The number of hydrogen-bond acceptors (Lipinski definition) is 5. The summed E-state index contributed by atoms with van der Waals surface area (Å²) in [5, 5.41) is 16.3. The van der Waals surface area contributed by atoms with Crippen LogP contribution >= 0.6 is 15.9 Å². The highest BCUT2D eigenvalue weighted by molar-refractivity contribution is 9.10. The van der Waals surface area contributed by atoms with Crippen molar-refractivity contribution in [3.63, 3.8) is 0 Å². The van der Waals surface area contributed by atoms with Crippen LogP contribution in [-0.2, 0) is 11.3 Å². The van der Waals surface area contributed by atoms with Crippen LogP contribution in [0.15, 0.2) is 52.0 Å². The lowest BCUT2D eigenvalue weighted by atomic mass is 10.1. The first kappa shape index (κ1) is 21.7. The number of halogens is 1. The number of nitrogens with zero attached hydrogens (tertiary/aromatic N) is 3. The Hall–Kier alpha value is -3.50. The Morgan fingerprint density at radius 3 is 2.78 bits per heavy atom. The van der Waals surface area contributed by atoms with Crippen molar-refractivity contribution in [3.05, 3.63) is 57.6 Å². The Balaban J connectivity index is 0.000000567. The standard InChI is InChI=1S/C20H17BrN6O.C2H4O2/c21-12-2-3-18-13(7-12)14(10-27(18)5-1-4-22)19-20(28)25-16-6-11-9-23-26-15(11)8-17(16)24-19;1-2(3)4/h2-3,6-10H,1,4-5,22H2,(H,23,26)(H,25,28);1H3,(H,3,4). The lowest BCUT2D eigenvalue weighted by Crippen LogP contribution is -2.11. The van der Waals surface area contributed by atoms with Gasteiger partial charge in [0.15, 0.2) is 0 Å². The highest BCUT2D eigenvalue weighted by Gasteiger charge is 2.16. The van der Waals surface area contributed by atoms with Gasteiger partial charge in [-0.15, -0.1) is 0 Å². The SMILES string of the molecule is CC(=O)O.NCCCn1cc(-c2nc3cc4[nH]ncc4cc3[nH]c2=O)c2cc(Br)ccc21. The van der Waals surface area contributed by atoms with Gasteiger partial charge in [-0.1, -0.05) is 15.9 Å². The van der Waals surface area contributed by atoms with Gasteiger partial charge in [0.25, 0.3) is 11.5 Å². The molecular weight excluding hydrogens is 476 g/mol. The van der Waals surface area contributed by atoms with E-state index in [2.05, 4.69) is 35.7 Å². The molecule has 0 amide bonds. The van der Waals surface area contributed by atoms with E-state index in [1.165, 1.54) is 0 Å². The van der Waals surface area contributed by atoms with Crippen molar-refractivity contribution < 1.29 is 9.90 Å². The summed E-state index contributed by atoms with van der Waals surface area (Å²) in [6.45, 7) is 2.48. The molecule has 5 rings (SSSR count). The fraction of sp³-hybridized carbons (Fsp3) is 0.182. The van der Waals surface area contributed by atoms with E-state index in [0.29, 0.717) is 23.3 Å². The highest BCUT2D eigenvalue weighted by Crippen LogP contribution is 2.31. The van der Waals surface area contributed by atoms with Gasteiger partial charge < -0.3 is 20.4 Å². The number of aliphatic carboxylic acids is 1. The number of carboxylic acid groups (broad SMARTS) is 1. The van der Waals surface area contributed by atoms with Gasteiger partial charge in [-0.2, -0.15) is 5.10 Å². The van der Waals surface area contributed by atoms with Crippen LogP contribution < -0.4 is 11.3 Å². The number of hydrogen-bond donors (Lipinski definition) is 4. The first-order valence-electron chi connectivity index (χ1n) is 9.93. The van der Waals surface area contributed by atoms with Gasteiger partial charge in [0.2, 0.25) is 0 Å². The lowest BCUT2D eigenvalue weighted by Gasteiger charge is -2.03. The molecule has 0 fully saturated rings. The van der Waals surface area contributed by atoms with E-state index in [1.54, 1.807) is 6.20 Å². The lowest BCUT2D eigenvalue weighted by molar-refractivity contribution is -0.134. The number of nitrogens with one attached hydrogen (secondary N) is 2. The largest absolute Gasteiger partial charge is 0.481 e. The molecule has 0 aliphatic carbocycles. The van der Waals surface area contributed by atoms with Crippen molar-refractivity contribution in [2.45, 2.75) is 19.9 Å². The summed E-state index contributed by atoms with van der Waals surface area (Å²) in [4.78, 5) is 29.6. The minimum atomic E-state index is -0.833. The second-order valence-electron chi connectivity index (χ2n) is 7.30. The zero-order valence-corrected chi connectivity index (χ0v) is 18.8. The fourth-order valence-electron chi connectivity index (χ4n) is 3.61. The normalized spacial score (nSPS) is 11.1. The van der Waals surface area contributed by atoms with E-state index < -0.39 is 5.97 Å². The molecule has 0 aliphatic heterocycles. The van der Waals surface area contributed by atoms with Crippen LogP contribution in [0.1, 0.15) is 13.3 Å². The van der Waals surface area contributed by atoms with Gasteiger partial charge >= 0.3 is 0 Å². The Labute approximate surface area is 190 Å². The summed E-state index contributed by atoms with van der Waals surface area (Å²) in [5.41, 5.74) is 10.0. The molecule has 0 atom stereocenters. The maximum Gasteiger partial charge on any atom is 0.300 e. The number of rotatable bonds is 4. The first-order chi connectivity index (χ1) is 15.4. The van der Waals surface area contributed by atoms with E-state index in [9.17, 15) is 4.79 Å². The molecule has 32 heavy (non-hydrogen) atoms. The third-order valence-corrected chi connectivity index (χ3v) is 5.45. The molecule has 5 aromatic rings. The van der Waals surface area contributed by atoms with Crippen LogP contribution in [0.25, 0.3) is 44.1 Å². The smallest absolute Gasteiger partial charge is 0.300 e. The molecule has 0 saturated carbocycles. The summed E-state index contributed by atoms with van der Waals surface area (Å²) in [6.07, 6.45) is 4.58. The minimum absolute atomic E-state index is 0.215. The molecule has 3 aromatic heterocycles. The fourth-order valence-corrected chi connectivity index (χ4v) is 3.97. The molecule has 0 saturated heterocycles. The molecule has 9 nitrogen and oxygen atoms in total. The number of nitrogens with two attached hydrogens (primary N) is 1. The van der Waals surface area contributed by atoms with Crippen LogP contribution in [0.2, 0.25) is 0 Å². The average Bonchev–Trinajstić information content (AvgIpc) is 3.33. The number of aromatic nitrogens is 5. The van der Waals surface area contributed by atoms with E-state index in [1.807, 2.05) is 36.5 Å². The van der Waals surface area contributed by atoms with E-state index in [0.717, 1.165) is 51.7 Å². The molecule has 164 valence electrons. The predicted octanol–water partition coefficient (Wildman–Crippen LogP) is 3.62. The van der Waals surface area contributed by atoms with Crippen LogP contribution in [-0.4, -0.2) is 42.4 Å². The van der Waals surface area contributed by atoms with Gasteiger partial charge in [0.1, 0.15) is 5.69 Å². The van der Waals surface area contributed by atoms with Crippen molar-refractivity contribution in [1.82, 2.24) is 24.7 Å². The van der Waals surface area contributed by atoms with E-state index >= 15 is 0 Å². The number of fused-ring (bicyclic) bond motifs is 3. The average molecular weight is 497 g/mol. The van der Waals surface area contributed by atoms with Gasteiger partial charge in [0, 0.05) is 46.0 Å². The third kappa shape index (κ3) is 4.27. The highest BCUT2D eigenvalue weighted by atomic mass is 79.9. The van der Waals surface area contributed by atoms with Crippen molar-refractivity contribution in [2.75, 3.05) is 6.54 Å². The number of carboxylic acids is 1. The number of benzene rings is 2. The molecule has 0 bridgehead atoms. The van der Waals surface area contributed by atoms with Gasteiger partial charge in [-0.25, -0.2) is 4.98 Å². The van der Waals surface area contributed by atoms with Gasteiger partial charge in [0.05, 0.1) is 22.7 Å². The number of aryl methyl sites for hydroxylation is 1. The summed E-state index contributed by atoms with van der Waals surface area (Å²) >= 11 is 3.54. The van der Waals surface area contributed by atoms with Crippen molar-refractivity contribution in [2.24, 2.45) is 5.73 Å². The number of carbonyl (C=O) groups is 1. The Kier molecular flexibility index (Phi) is 6.06. The van der Waals surface area contributed by atoms with Crippen LogP contribution in [0.4, 0.5) is 0 Å². The van der Waals surface area contributed by atoms with Crippen molar-refractivity contribution in [3.8, 4) is 11.3 Å². The second-order valence-corrected chi connectivity index (χ2v) is 8.22. The van der Waals surface area contributed by atoms with E-state index in [4.69, 9.17) is 20.6 Å². The maximum atomic E-state index is 12.9. The number of aromatic amines is 2. The maximum absolute atomic E-state index is 12.9. The predicted molar refractivity (Wildman–Crippen MR) is 128 cm³/mol. The molecule has 0 radical (unpaired) electrons. The summed E-state index contributed by atoms with van der Waals surface area (Å²) in [6, 6.07) is 9.85. The molecular formula is C22H21BrN6O3. The third-order valence-electron chi connectivity index (χ3n) is 4.95. The van der Waals surface area contributed by atoms with Crippen LogP contribution in [0.5, 0.6) is 0 Å². The quantitative estimate of drug-likeness (QED) is 0.299. The Morgan fingerprint density at radius 2 is 2.03 bits per heavy atom. The zero-order chi connectivity index (χ0) is 22.8. The van der Waals surface area contributed by atoms with Gasteiger partial charge in [-0.05, 0) is 43.3 Å². The molecule has 0 unspecified atom stereocenters. The van der Waals surface area contributed by atoms with Crippen molar-refractivity contribution in [1.29, 1.82) is 0 Å². The summed E-state index contributed by atoms with van der Waals surface area (Å²) in [7, 11) is 0. The minimum Gasteiger partial charge on any atom is -0.481 e. The monoisotopic (exact) mass is 496 g/mol. The van der Waals surface area contributed by atoms with Crippen LogP contribution in [0.3, 0.4) is 0 Å². The summed E-state index contributed by atoms with van der Waals surface area (Å²) in [5.74, 6) is -0.833. The molecule has 0 aliphatic rings. The topological polar surface area (TPSA) is 143 Å². The summed E-state index contributed by atoms with van der Waals surface area (Å²) < 4.78 is 3.09. The Bertz CT molecular complexity index is 1500. The zero-order valence-electron chi connectivity index (χ0n) is 17.2. The molecule has 5 N–H and O–H groups in total. The Morgan fingerprint density at radius 1 is 1.25 bits per heavy atom. The second kappa shape index (κ2) is 8.93. The molecule has 3 heterocycles. The first-order valence-corrected chi connectivity index (χ1v) is 10.7. The van der Waals surface area contributed by atoms with E-state index in [-0.39, 0.29) is 5.56 Å². The van der Waals surface area contributed by atoms with Crippen molar-refractivity contribution >= 4 is 54.7 Å². The van der Waals surface area contributed by atoms with Gasteiger partial charge in [-0.3, -0.25) is 14.7 Å².